The fraction of sp³-hybridized carbons (Fsp3) is 0.200. The topological polar surface area (TPSA) is 169 Å². The summed E-state index contributed by atoms with van der Waals surface area (Å²) in [6.07, 6.45) is 3.78. The second-order valence-corrected chi connectivity index (χ2v) is 7.04. The maximum absolute atomic E-state index is 12.6. The molecule has 12 nitrogen and oxygen atoms in total. The molecule has 0 atom stereocenters. The van der Waals surface area contributed by atoms with E-state index in [4.69, 9.17) is 0 Å². The summed E-state index contributed by atoms with van der Waals surface area (Å²) in [6, 6.07) is 11.4. The van der Waals surface area contributed by atoms with E-state index in [2.05, 4.69) is 21.1 Å². The van der Waals surface area contributed by atoms with Gasteiger partial charge in [0.15, 0.2) is 0 Å². The van der Waals surface area contributed by atoms with E-state index in [9.17, 15) is 29.8 Å². The average Bonchev–Trinajstić information content (AvgIpc) is 2.73. The van der Waals surface area contributed by atoms with Gasteiger partial charge < -0.3 is 0 Å². The van der Waals surface area contributed by atoms with Crippen LogP contribution in [0.3, 0.4) is 0 Å². The summed E-state index contributed by atoms with van der Waals surface area (Å²) in [5.41, 5.74) is 3.87. The number of rotatable bonds is 8. The zero-order chi connectivity index (χ0) is 23.1. The molecule has 0 bridgehead atoms. The van der Waals surface area contributed by atoms with Crippen LogP contribution in [0.1, 0.15) is 30.4 Å². The summed E-state index contributed by atoms with van der Waals surface area (Å²) < 4.78 is 0. The van der Waals surface area contributed by atoms with Crippen molar-refractivity contribution in [2.45, 2.75) is 19.3 Å². The van der Waals surface area contributed by atoms with Crippen LogP contribution in [0.5, 0.6) is 0 Å². The number of benzene rings is 2. The van der Waals surface area contributed by atoms with Crippen molar-refractivity contribution >= 4 is 35.6 Å². The third kappa shape index (κ3) is 4.98. The van der Waals surface area contributed by atoms with Gasteiger partial charge in [0.25, 0.3) is 23.2 Å². The number of hydrogen-bond acceptors (Lipinski definition) is 8. The summed E-state index contributed by atoms with van der Waals surface area (Å²) in [6.45, 7) is 0. The van der Waals surface area contributed by atoms with Gasteiger partial charge in [-0.25, -0.2) is 10.9 Å². The first kappa shape index (κ1) is 22.2. The molecule has 0 unspecified atom stereocenters. The number of carbonyl (C=O) groups excluding carboxylic acids is 2. The minimum Gasteiger partial charge on any atom is -0.272 e. The predicted octanol–water partition coefficient (Wildman–Crippen LogP) is 2.27. The van der Waals surface area contributed by atoms with Gasteiger partial charge in [-0.3, -0.25) is 29.8 Å². The molecule has 3 rings (SSSR count). The fourth-order valence-electron chi connectivity index (χ4n) is 3.07. The lowest BCUT2D eigenvalue weighted by Crippen LogP contribution is -2.53. The first-order valence-corrected chi connectivity index (χ1v) is 9.48. The van der Waals surface area contributed by atoms with Crippen LogP contribution >= 0.6 is 0 Å². The summed E-state index contributed by atoms with van der Waals surface area (Å²) in [7, 11) is 0. The second kappa shape index (κ2) is 9.55. The Morgan fingerprint density at radius 1 is 0.844 bits per heavy atom. The number of hydrazone groups is 2. The highest BCUT2D eigenvalue weighted by Gasteiger charge is 2.51. The number of nitro groups is 2. The van der Waals surface area contributed by atoms with Crippen molar-refractivity contribution in [3.8, 4) is 0 Å². The summed E-state index contributed by atoms with van der Waals surface area (Å²) in [4.78, 5) is 45.7. The van der Waals surface area contributed by atoms with E-state index in [0.717, 1.165) is 0 Å². The molecular formula is C20H18N6O6. The number of nitro benzene ring substituents is 2. The Morgan fingerprint density at radius 2 is 1.28 bits per heavy atom. The highest BCUT2D eigenvalue weighted by Crippen LogP contribution is 2.41. The first-order chi connectivity index (χ1) is 15.3. The van der Waals surface area contributed by atoms with Crippen LogP contribution in [-0.2, 0) is 9.59 Å². The molecule has 1 aliphatic carbocycles. The molecule has 2 amide bonds. The highest BCUT2D eigenvalue weighted by molar-refractivity contribution is 6.06. The number of amides is 2. The molecule has 12 heteroatoms. The standard InChI is InChI=1S/C20H18N6O6/c27-18(23-21-12-14-4-1-6-16(10-14)25(29)30)20(8-3-9-20)19(28)24-22-13-15-5-2-7-17(11-15)26(31)32/h1-2,4-7,10-13H,3,8-9H2,(H,23,27)(H,24,28)/b21-12+,22-13+. The third-order valence-corrected chi connectivity index (χ3v) is 5.00. The van der Waals surface area contributed by atoms with E-state index in [1.165, 1.54) is 48.8 Å². The summed E-state index contributed by atoms with van der Waals surface area (Å²) >= 11 is 0. The fourth-order valence-corrected chi connectivity index (χ4v) is 3.07. The minimum atomic E-state index is -1.33. The number of carbonyl (C=O) groups is 2. The van der Waals surface area contributed by atoms with Crippen LogP contribution < -0.4 is 10.9 Å². The smallest absolute Gasteiger partial charge is 0.270 e. The van der Waals surface area contributed by atoms with Crippen LogP contribution in [0, 0.1) is 25.6 Å². The maximum atomic E-state index is 12.6. The van der Waals surface area contributed by atoms with Gasteiger partial charge in [0.2, 0.25) is 0 Å². The number of nitrogens with one attached hydrogen (secondary N) is 2. The lowest BCUT2D eigenvalue weighted by molar-refractivity contribution is -0.385. The second-order valence-electron chi connectivity index (χ2n) is 7.04. The Balaban J connectivity index is 1.61. The molecule has 1 aliphatic rings. The number of hydrogen-bond donors (Lipinski definition) is 2. The largest absolute Gasteiger partial charge is 0.272 e. The van der Waals surface area contributed by atoms with Crippen LogP contribution in [-0.4, -0.2) is 34.1 Å². The van der Waals surface area contributed by atoms with Crippen molar-refractivity contribution in [2.75, 3.05) is 0 Å². The van der Waals surface area contributed by atoms with Gasteiger partial charge in [-0.15, -0.1) is 0 Å². The van der Waals surface area contributed by atoms with Gasteiger partial charge in [0.05, 0.1) is 22.3 Å². The Bertz CT molecular complexity index is 1040. The normalized spacial score (nSPS) is 14.6. The molecule has 32 heavy (non-hydrogen) atoms. The molecule has 0 aliphatic heterocycles. The zero-order valence-electron chi connectivity index (χ0n) is 16.6. The monoisotopic (exact) mass is 438 g/mol. The van der Waals surface area contributed by atoms with Crippen molar-refractivity contribution in [1.82, 2.24) is 10.9 Å². The minimum absolute atomic E-state index is 0.114. The SMILES string of the molecule is O=C(N/N=C/c1cccc([N+](=O)[O-])c1)C1(C(=O)N/N=C/c2cccc([N+](=O)[O-])c2)CCC1. The van der Waals surface area contributed by atoms with Crippen LogP contribution in [0.15, 0.2) is 58.7 Å². The van der Waals surface area contributed by atoms with E-state index in [1.807, 2.05) is 0 Å². The Morgan fingerprint density at radius 3 is 1.62 bits per heavy atom. The van der Waals surface area contributed by atoms with Crippen molar-refractivity contribution in [2.24, 2.45) is 15.6 Å². The lowest BCUT2D eigenvalue weighted by Gasteiger charge is -2.36. The Labute approximate surface area is 181 Å². The van der Waals surface area contributed by atoms with Gasteiger partial charge in [0.1, 0.15) is 5.41 Å². The average molecular weight is 438 g/mol. The molecule has 0 spiro atoms. The molecule has 2 aromatic rings. The Hall–Kier alpha value is -4.48. The van der Waals surface area contributed by atoms with Crippen LogP contribution in [0.4, 0.5) is 11.4 Å². The van der Waals surface area contributed by atoms with Crippen LogP contribution in [0.25, 0.3) is 0 Å². The van der Waals surface area contributed by atoms with Gasteiger partial charge in [-0.1, -0.05) is 30.7 Å². The molecule has 164 valence electrons. The molecule has 2 aromatic carbocycles. The molecule has 0 heterocycles. The van der Waals surface area contributed by atoms with Crippen molar-refractivity contribution in [3.05, 3.63) is 79.9 Å². The maximum Gasteiger partial charge on any atom is 0.270 e. The quantitative estimate of drug-likeness (QED) is 0.277. The zero-order valence-corrected chi connectivity index (χ0v) is 16.6. The predicted molar refractivity (Wildman–Crippen MR) is 114 cm³/mol. The third-order valence-electron chi connectivity index (χ3n) is 5.00. The summed E-state index contributed by atoms with van der Waals surface area (Å²) in [5, 5.41) is 29.2. The van der Waals surface area contributed by atoms with E-state index in [1.54, 1.807) is 12.1 Å². The lowest BCUT2D eigenvalue weighted by atomic mass is 9.67. The van der Waals surface area contributed by atoms with E-state index < -0.39 is 27.1 Å². The van der Waals surface area contributed by atoms with E-state index >= 15 is 0 Å². The Kier molecular flexibility index (Phi) is 6.63. The summed E-state index contributed by atoms with van der Waals surface area (Å²) in [5.74, 6) is -1.23. The van der Waals surface area contributed by atoms with Crippen molar-refractivity contribution in [3.63, 3.8) is 0 Å². The van der Waals surface area contributed by atoms with Crippen LogP contribution in [0.2, 0.25) is 0 Å². The van der Waals surface area contributed by atoms with Gasteiger partial charge in [-0.05, 0) is 12.8 Å². The van der Waals surface area contributed by atoms with E-state index in [-0.39, 0.29) is 11.4 Å². The molecule has 0 saturated heterocycles. The molecule has 0 aromatic heterocycles. The molecule has 2 N–H and O–H groups in total. The molecular weight excluding hydrogens is 420 g/mol. The van der Waals surface area contributed by atoms with Gasteiger partial charge in [-0.2, -0.15) is 10.2 Å². The molecule has 1 fully saturated rings. The first-order valence-electron chi connectivity index (χ1n) is 9.48. The highest BCUT2D eigenvalue weighted by atomic mass is 16.6. The van der Waals surface area contributed by atoms with Crippen molar-refractivity contribution < 1.29 is 19.4 Å². The van der Waals surface area contributed by atoms with Gasteiger partial charge >= 0.3 is 0 Å². The molecule has 1 saturated carbocycles. The van der Waals surface area contributed by atoms with Crippen molar-refractivity contribution in [1.29, 1.82) is 0 Å². The number of nitrogens with zero attached hydrogens (tertiary/aromatic N) is 4. The van der Waals surface area contributed by atoms with E-state index in [0.29, 0.717) is 30.4 Å². The molecule has 0 radical (unpaired) electrons. The number of non-ortho nitro benzene ring substituents is 2. The van der Waals surface area contributed by atoms with Gasteiger partial charge in [0, 0.05) is 35.4 Å².